The fraction of sp³-hybridized carbons (Fsp3) is 0.308. The van der Waals surface area contributed by atoms with E-state index in [-0.39, 0.29) is 0 Å². The minimum atomic E-state index is 0.504. The van der Waals surface area contributed by atoms with E-state index in [1.165, 1.54) is 5.56 Å². The van der Waals surface area contributed by atoms with E-state index in [9.17, 15) is 0 Å². The van der Waals surface area contributed by atoms with Crippen molar-refractivity contribution in [1.82, 2.24) is 9.78 Å². The van der Waals surface area contributed by atoms with Gasteiger partial charge in [0.25, 0.3) is 0 Å². The molecule has 0 atom stereocenters. The molecule has 0 spiro atoms. The molecule has 2 rings (SSSR count). The van der Waals surface area contributed by atoms with Crippen molar-refractivity contribution in [1.29, 1.82) is 0 Å². The molecule has 0 aliphatic rings. The maximum absolute atomic E-state index is 5.80. The summed E-state index contributed by atoms with van der Waals surface area (Å²) in [5.74, 6) is 0.873. The summed E-state index contributed by atoms with van der Waals surface area (Å²) in [6.45, 7) is 2.47. The van der Waals surface area contributed by atoms with Crippen LogP contribution in [0.15, 0.2) is 28.7 Å². The van der Waals surface area contributed by atoms with Crippen molar-refractivity contribution >= 4 is 31.9 Å². The van der Waals surface area contributed by atoms with E-state index in [0.717, 1.165) is 26.9 Å². The summed E-state index contributed by atoms with van der Waals surface area (Å²) in [6.07, 6.45) is 0. The number of ether oxygens (including phenoxy) is 1. The first-order chi connectivity index (χ1) is 8.61. The predicted molar refractivity (Wildman–Crippen MR) is 79.1 cm³/mol. The van der Waals surface area contributed by atoms with E-state index in [4.69, 9.17) is 4.74 Å². The highest BCUT2D eigenvalue weighted by atomic mass is 79.9. The monoisotopic (exact) mass is 372 g/mol. The Morgan fingerprint density at radius 3 is 2.78 bits per heavy atom. The Morgan fingerprint density at radius 2 is 2.17 bits per heavy atom. The largest absolute Gasteiger partial charge is 0.487 e. The number of hydrogen-bond donors (Lipinski definition) is 0. The highest BCUT2D eigenvalue weighted by Crippen LogP contribution is 2.22. The van der Waals surface area contributed by atoms with E-state index in [2.05, 4.69) is 43.0 Å². The summed E-state index contributed by atoms with van der Waals surface area (Å²) in [5.41, 5.74) is 3.22. The summed E-state index contributed by atoms with van der Waals surface area (Å²) in [6, 6.07) is 8.05. The summed E-state index contributed by atoms with van der Waals surface area (Å²) in [5, 5.41) is 5.17. The van der Waals surface area contributed by atoms with Gasteiger partial charge in [0.15, 0.2) is 0 Å². The Bertz CT molecular complexity index is 552. The molecule has 2 aromatic rings. The Hall–Kier alpha value is -0.810. The zero-order valence-electron chi connectivity index (χ0n) is 10.3. The van der Waals surface area contributed by atoms with Crippen molar-refractivity contribution in [2.45, 2.75) is 18.9 Å². The van der Waals surface area contributed by atoms with Gasteiger partial charge in [-0.05, 0) is 40.5 Å². The van der Waals surface area contributed by atoms with Gasteiger partial charge in [0.05, 0.1) is 15.9 Å². The molecule has 3 nitrogen and oxygen atoms in total. The first kappa shape index (κ1) is 13.6. The van der Waals surface area contributed by atoms with E-state index >= 15 is 0 Å². The highest BCUT2D eigenvalue weighted by Gasteiger charge is 2.11. The van der Waals surface area contributed by atoms with Crippen LogP contribution in [0.3, 0.4) is 0 Å². The maximum atomic E-state index is 5.80. The average Bonchev–Trinajstić information content (AvgIpc) is 2.61. The molecule has 0 radical (unpaired) electrons. The second kappa shape index (κ2) is 5.89. The van der Waals surface area contributed by atoms with Crippen LogP contribution in [0, 0.1) is 6.92 Å². The Balaban J connectivity index is 2.11. The van der Waals surface area contributed by atoms with Crippen LogP contribution in [-0.2, 0) is 19.0 Å². The van der Waals surface area contributed by atoms with E-state index in [1.54, 1.807) is 0 Å². The molecule has 0 aliphatic carbocycles. The first-order valence-corrected chi connectivity index (χ1v) is 7.49. The van der Waals surface area contributed by atoms with Crippen LogP contribution >= 0.6 is 31.9 Å². The molecule has 1 aromatic heterocycles. The van der Waals surface area contributed by atoms with Gasteiger partial charge in [0.2, 0.25) is 0 Å². The number of halogens is 2. The number of alkyl halides is 1. The standard InChI is InChI=1S/C13H14Br2N2O/c1-9-13(15)12(17(2)16-9)8-18-11-5-3-4-10(6-11)7-14/h3-6H,7-8H2,1-2H3. The van der Waals surface area contributed by atoms with E-state index in [0.29, 0.717) is 6.61 Å². The van der Waals surface area contributed by atoms with Crippen LogP contribution in [0.1, 0.15) is 17.0 Å². The molecule has 0 aliphatic heterocycles. The van der Waals surface area contributed by atoms with Crippen molar-refractivity contribution < 1.29 is 4.74 Å². The van der Waals surface area contributed by atoms with Gasteiger partial charge in [0, 0.05) is 12.4 Å². The fourth-order valence-corrected chi connectivity index (χ4v) is 2.51. The Labute approximate surface area is 123 Å². The van der Waals surface area contributed by atoms with Crippen LogP contribution in [0.25, 0.3) is 0 Å². The lowest BCUT2D eigenvalue weighted by molar-refractivity contribution is 0.294. The molecule has 0 saturated heterocycles. The molecule has 96 valence electrons. The third-order valence-corrected chi connectivity index (χ3v) is 4.37. The second-order valence-electron chi connectivity index (χ2n) is 4.04. The zero-order chi connectivity index (χ0) is 13.1. The van der Waals surface area contributed by atoms with Crippen molar-refractivity contribution in [3.05, 3.63) is 45.7 Å². The van der Waals surface area contributed by atoms with Gasteiger partial charge >= 0.3 is 0 Å². The number of rotatable bonds is 4. The summed E-state index contributed by atoms with van der Waals surface area (Å²) in [4.78, 5) is 0. The van der Waals surface area contributed by atoms with E-state index < -0.39 is 0 Å². The number of benzene rings is 1. The lowest BCUT2D eigenvalue weighted by Crippen LogP contribution is -2.03. The van der Waals surface area contributed by atoms with Gasteiger partial charge in [0.1, 0.15) is 12.4 Å². The number of hydrogen-bond acceptors (Lipinski definition) is 2. The molecule has 0 fully saturated rings. The third-order valence-electron chi connectivity index (χ3n) is 2.69. The number of aryl methyl sites for hydroxylation is 2. The molecule has 0 unspecified atom stereocenters. The van der Waals surface area contributed by atoms with E-state index in [1.807, 2.05) is 36.9 Å². The van der Waals surface area contributed by atoms with Crippen molar-refractivity contribution in [3.63, 3.8) is 0 Å². The highest BCUT2D eigenvalue weighted by molar-refractivity contribution is 9.10. The van der Waals surface area contributed by atoms with Gasteiger partial charge in [-0.15, -0.1) is 0 Å². The normalized spacial score (nSPS) is 10.7. The Morgan fingerprint density at radius 1 is 1.39 bits per heavy atom. The Kier molecular flexibility index (Phi) is 4.45. The number of nitrogens with zero attached hydrogens (tertiary/aromatic N) is 2. The minimum absolute atomic E-state index is 0.504. The van der Waals surface area contributed by atoms with Gasteiger partial charge in [-0.1, -0.05) is 28.1 Å². The van der Waals surface area contributed by atoms with Crippen molar-refractivity contribution in [3.8, 4) is 5.75 Å². The molecule has 0 saturated carbocycles. The lowest BCUT2D eigenvalue weighted by Gasteiger charge is -2.08. The summed E-state index contributed by atoms with van der Waals surface area (Å²) >= 11 is 6.97. The summed E-state index contributed by atoms with van der Waals surface area (Å²) < 4.78 is 8.65. The molecular weight excluding hydrogens is 360 g/mol. The van der Waals surface area contributed by atoms with Crippen molar-refractivity contribution in [2.75, 3.05) is 0 Å². The van der Waals surface area contributed by atoms with Crippen LogP contribution in [-0.4, -0.2) is 9.78 Å². The van der Waals surface area contributed by atoms with Gasteiger partial charge in [-0.25, -0.2) is 0 Å². The topological polar surface area (TPSA) is 27.1 Å². The molecule has 0 N–H and O–H groups in total. The SMILES string of the molecule is Cc1nn(C)c(COc2cccc(CBr)c2)c1Br. The quantitative estimate of drug-likeness (QED) is 0.758. The zero-order valence-corrected chi connectivity index (χ0v) is 13.5. The minimum Gasteiger partial charge on any atom is -0.487 e. The van der Waals surface area contributed by atoms with Crippen molar-refractivity contribution in [2.24, 2.45) is 7.05 Å². The van der Waals surface area contributed by atoms with Crippen LogP contribution < -0.4 is 4.74 Å². The number of aromatic nitrogens is 2. The van der Waals surface area contributed by atoms with Gasteiger partial charge in [-0.3, -0.25) is 4.68 Å². The molecule has 5 heteroatoms. The second-order valence-corrected chi connectivity index (χ2v) is 5.39. The van der Waals surface area contributed by atoms with Crippen LogP contribution in [0.5, 0.6) is 5.75 Å². The smallest absolute Gasteiger partial charge is 0.131 e. The molecular formula is C13H14Br2N2O. The maximum Gasteiger partial charge on any atom is 0.131 e. The molecule has 1 heterocycles. The molecule has 18 heavy (non-hydrogen) atoms. The predicted octanol–water partition coefficient (Wildman–Crippen LogP) is 3.96. The third kappa shape index (κ3) is 2.95. The van der Waals surface area contributed by atoms with Crippen LogP contribution in [0.4, 0.5) is 0 Å². The molecule has 0 amide bonds. The van der Waals surface area contributed by atoms with Crippen LogP contribution in [0.2, 0.25) is 0 Å². The average molecular weight is 374 g/mol. The fourth-order valence-electron chi connectivity index (χ4n) is 1.71. The summed E-state index contributed by atoms with van der Waals surface area (Å²) in [7, 11) is 1.92. The van der Waals surface area contributed by atoms with Gasteiger partial charge in [-0.2, -0.15) is 5.10 Å². The lowest BCUT2D eigenvalue weighted by atomic mass is 10.2. The molecule has 1 aromatic carbocycles. The van der Waals surface area contributed by atoms with Gasteiger partial charge < -0.3 is 4.74 Å². The first-order valence-electron chi connectivity index (χ1n) is 5.57. The molecule has 0 bridgehead atoms.